The van der Waals surface area contributed by atoms with E-state index in [0.717, 1.165) is 0 Å². The molecule has 1 aliphatic heterocycles. The average molecular weight is 387 g/mol. The first-order chi connectivity index (χ1) is 8.13. The quantitative estimate of drug-likeness (QED) is 0.598. The van der Waals surface area contributed by atoms with Crippen molar-refractivity contribution in [1.29, 1.82) is 0 Å². The highest BCUT2D eigenvalue weighted by Crippen LogP contribution is 2.25. The molecular formula is C8H9ClIN4O2P. The first kappa shape index (κ1) is 13.0. The summed E-state index contributed by atoms with van der Waals surface area (Å²) in [6, 6.07) is 0. The summed E-state index contributed by atoms with van der Waals surface area (Å²) in [5, 5.41) is 6.84. The predicted octanol–water partition coefficient (Wildman–Crippen LogP) is 0.624. The Morgan fingerprint density at radius 1 is 1.53 bits per heavy atom. The molecule has 1 aliphatic rings. The summed E-state index contributed by atoms with van der Waals surface area (Å²) in [6.07, 6.45) is 1.74. The Balaban J connectivity index is 2.36. The fourth-order valence-electron chi connectivity index (χ4n) is 1.55. The van der Waals surface area contributed by atoms with Crippen LogP contribution in [0.4, 0.5) is 5.69 Å². The summed E-state index contributed by atoms with van der Waals surface area (Å²) >= 11 is 8.07. The van der Waals surface area contributed by atoms with Crippen molar-refractivity contribution in [3.8, 4) is 0 Å². The van der Waals surface area contributed by atoms with Crippen LogP contribution in [0, 0.1) is 0 Å². The minimum atomic E-state index is -0.317. The van der Waals surface area contributed by atoms with Crippen LogP contribution in [-0.2, 0) is 4.79 Å². The summed E-state index contributed by atoms with van der Waals surface area (Å²) in [5.74, 6) is -0.0766. The van der Waals surface area contributed by atoms with Crippen LogP contribution in [0.25, 0.3) is 0 Å². The number of aromatic nitrogens is 2. The standard InChI is InChI=1S/C8H9ClIN4O2P/c9-7-5(3-12-14(17-10)8(7)16)13-2-1-11-6(15)4-13/h3,17H,1-2,4H2,(H,11,15). The molecule has 0 bridgehead atoms. The van der Waals surface area contributed by atoms with Gasteiger partial charge in [0.2, 0.25) is 5.91 Å². The molecule has 0 spiro atoms. The van der Waals surface area contributed by atoms with Crippen LogP contribution < -0.4 is 15.8 Å². The van der Waals surface area contributed by atoms with E-state index in [1.165, 1.54) is 10.6 Å². The molecular weight excluding hydrogens is 377 g/mol. The van der Waals surface area contributed by atoms with Gasteiger partial charge < -0.3 is 10.2 Å². The molecule has 0 saturated carbocycles. The van der Waals surface area contributed by atoms with Crippen molar-refractivity contribution in [2.75, 3.05) is 24.5 Å². The lowest BCUT2D eigenvalue weighted by Gasteiger charge is -2.28. The highest BCUT2D eigenvalue weighted by atomic mass is 127. The second-order valence-electron chi connectivity index (χ2n) is 3.42. The molecule has 1 fully saturated rings. The monoisotopic (exact) mass is 386 g/mol. The fraction of sp³-hybridized carbons (Fsp3) is 0.375. The summed E-state index contributed by atoms with van der Waals surface area (Å²) in [5.41, 5.74) is 0.209. The van der Waals surface area contributed by atoms with Gasteiger partial charge in [0.15, 0.2) is 0 Å². The summed E-state index contributed by atoms with van der Waals surface area (Å²) in [4.78, 5) is 24.8. The zero-order valence-electron chi connectivity index (χ0n) is 8.61. The smallest absolute Gasteiger partial charge is 0.291 e. The maximum atomic E-state index is 11.8. The predicted molar refractivity (Wildman–Crippen MR) is 76.5 cm³/mol. The third-order valence-electron chi connectivity index (χ3n) is 2.36. The maximum absolute atomic E-state index is 11.8. The number of nitrogens with one attached hydrogen (secondary N) is 1. The first-order valence-electron chi connectivity index (χ1n) is 4.79. The molecule has 1 unspecified atom stereocenters. The molecule has 92 valence electrons. The van der Waals surface area contributed by atoms with Crippen LogP contribution in [0.1, 0.15) is 0 Å². The number of nitrogens with zero attached hydrogens (tertiary/aromatic N) is 3. The minimum absolute atomic E-state index is 0.0766. The van der Waals surface area contributed by atoms with E-state index in [-0.39, 0.29) is 29.4 Å². The summed E-state index contributed by atoms with van der Waals surface area (Å²) in [7, 11) is 0. The molecule has 0 aromatic carbocycles. The van der Waals surface area contributed by atoms with E-state index in [1.54, 1.807) is 4.90 Å². The van der Waals surface area contributed by atoms with Crippen LogP contribution in [0.5, 0.6) is 0 Å². The van der Waals surface area contributed by atoms with E-state index in [4.69, 9.17) is 11.6 Å². The Morgan fingerprint density at radius 2 is 2.29 bits per heavy atom. The molecule has 17 heavy (non-hydrogen) atoms. The average Bonchev–Trinajstić information content (AvgIpc) is 2.32. The number of rotatable bonds is 2. The highest BCUT2D eigenvalue weighted by molar-refractivity contribution is 14.2. The Morgan fingerprint density at radius 3 is 2.94 bits per heavy atom. The van der Waals surface area contributed by atoms with Gasteiger partial charge in [0.05, 0.1) is 24.8 Å². The number of anilines is 1. The van der Waals surface area contributed by atoms with Crippen molar-refractivity contribution in [2.45, 2.75) is 0 Å². The van der Waals surface area contributed by atoms with Gasteiger partial charge in [0, 0.05) is 13.1 Å². The van der Waals surface area contributed by atoms with E-state index in [2.05, 4.69) is 32.5 Å². The summed E-state index contributed by atoms with van der Waals surface area (Å²) < 4.78 is 1.30. The van der Waals surface area contributed by atoms with Gasteiger partial charge in [-0.3, -0.25) is 9.59 Å². The fourth-order valence-corrected chi connectivity index (χ4v) is 3.19. The lowest BCUT2D eigenvalue weighted by Crippen LogP contribution is -2.48. The van der Waals surface area contributed by atoms with Crippen LogP contribution in [0.2, 0.25) is 5.02 Å². The number of hydrogen-bond donors (Lipinski definition) is 1. The zero-order chi connectivity index (χ0) is 12.4. The number of piperazine rings is 1. The molecule has 2 heterocycles. The Bertz CT molecular complexity index is 509. The molecule has 1 aromatic heterocycles. The first-order valence-corrected chi connectivity index (χ1v) is 9.23. The van der Waals surface area contributed by atoms with Gasteiger partial charge in [-0.05, 0) is 22.0 Å². The normalized spacial score (nSPS) is 16.6. The Hall–Kier alpha value is -0.400. The van der Waals surface area contributed by atoms with Crippen molar-refractivity contribution in [3.63, 3.8) is 0 Å². The van der Waals surface area contributed by atoms with Gasteiger partial charge in [-0.15, -0.1) is 0 Å². The van der Waals surface area contributed by atoms with E-state index in [9.17, 15) is 9.59 Å². The van der Waals surface area contributed by atoms with Crippen LogP contribution >= 0.6 is 40.0 Å². The molecule has 9 heteroatoms. The van der Waals surface area contributed by atoms with Crippen LogP contribution in [0.15, 0.2) is 11.0 Å². The van der Waals surface area contributed by atoms with Crippen LogP contribution in [0.3, 0.4) is 0 Å². The largest absolute Gasteiger partial charge is 0.358 e. The van der Waals surface area contributed by atoms with Crippen LogP contribution in [-0.4, -0.2) is 35.1 Å². The van der Waals surface area contributed by atoms with E-state index >= 15 is 0 Å². The Kier molecular flexibility index (Phi) is 4.22. The SMILES string of the molecule is O=C1CN(c2cnn(PI)c(=O)c2Cl)CCN1. The van der Waals surface area contributed by atoms with Gasteiger partial charge in [-0.1, -0.05) is 11.6 Å². The molecule has 6 nitrogen and oxygen atoms in total. The maximum Gasteiger partial charge on any atom is 0.291 e. The Labute approximate surface area is 117 Å². The topological polar surface area (TPSA) is 67.2 Å². The minimum Gasteiger partial charge on any atom is -0.358 e. The lowest BCUT2D eigenvalue weighted by molar-refractivity contribution is -0.120. The second kappa shape index (κ2) is 5.49. The molecule has 1 N–H and O–H groups in total. The van der Waals surface area contributed by atoms with E-state index < -0.39 is 0 Å². The number of halogens is 2. The lowest BCUT2D eigenvalue weighted by atomic mass is 10.3. The number of amides is 1. The van der Waals surface area contributed by atoms with Crippen molar-refractivity contribution >= 4 is 51.6 Å². The van der Waals surface area contributed by atoms with Gasteiger partial charge in [0.1, 0.15) is 5.02 Å². The van der Waals surface area contributed by atoms with Gasteiger partial charge in [0.25, 0.3) is 5.56 Å². The highest BCUT2D eigenvalue weighted by Gasteiger charge is 2.20. The molecule has 1 amide bonds. The van der Waals surface area contributed by atoms with Crippen molar-refractivity contribution in [2.24, 2.45) is 0 Å². The van der Waals surface area contributed by atoms with Gasteiger partial charge in [-0.25, -0.2) is 4.45 Å². The third kappa shape index (κ3) is 2.71. The molecule has 1 aromatic rings. The van der Waals surface area contributed by atoms with Crippen molar-refractivity contribution in [3.05, 3.63) is 21.6 Å². The molecule has 1 atom stereocenters. The van der Waals surface area contributed by atoms with E-state index in [1.807, 2.05) is 0 Å². The van der Waals surface area contributed by atoms with E-state index in [0.29, 0.717) is 18.8 Å². The number of hydrogen-bond acceptors (Lipinski definition) is 4. The van der Waals surface area contributed by atoms with Crippen molar-refractivity contribution in [1.82, 2.24) is 14.9 Å². The number of carbonyl (C=O) groups excluding carboxylic acids is 1. The molecule has 0 aliphatic carbocycles. The molecule has 2 rings (SSSR count). The van der Waals surface area contributed by atoms with Crippen molar-refractivity contribution < 1.29 is 4.79 Å². The summed E-state index contributed by atoms with van der Waals surface area (Å²) in [6.45, 7) is 1.38. The number of carbonyl (C=O) groups is 1. The second-order valence-corrected chi connectivity index (χ2v) is 5.83. The molecule has 1 saturated heterocycles. The molecule has 0 radical (unpaired) electrons. The third-order valence-corrected chi connectivity index (χ3v) is 4.56. The van der Waals surface area contributed by atoms with Gasteiger partial charge >= 0.3 is 0 Å². The van der Waals surface area contributed by atoms with Gasteiger partial charge in [-0.2, -0.15) is 5.10 Å². The zero-order valence-corrected chi connectivity index (χ0v) is 12.5.